The summed E-state index contributed by atoms with van der Waals surface area (Å²) in [6, 6.07) is 4.98. The minimum atomic E-state index is -3.18. The van der Waals surface area contributed by atoms with Gasteiger partial charge in [-0.15, -0.1) is 0 Å². The highest BCUT2D eigenvalue weighted by Crippen LogP contribution is 2.31. The number of nitrogens with one attached hydrogen (secondary N) is 1. The van der Waals surface area contributed by atoms with Gasteiger partial charge in [0.2, 0.25) is 10.0 Å². The summed E-state index contributed by atoms with van der Waals surface area (Å²) in [5, 5.41) is -0.214. The molecule has 1 aromatic carbocycles. The van der Waals surface area contributed by atoms with E-state index in [1.165, 1.54) is 0 Å². The zero-order valence-corrected chi connectivity index (χ0v) is 10.3. The van der Waals surface area contributed by atoms with Gasteiger partial charge >= 0.3 is 0 Å². The molecule has 2 rings (SSSR count). The van der Waals surface area contributed by atoms with Crippen molar-refractivity contribution in [2.24, 2.45) is 0 Å². The second-order valence-electron chi connectivity index (χ2n) is 3.58. The van der Waals surface area contributed by atoms with E-state index in [2.05, 4.69) is 20.7 Å². The molecule has 1 aromatic rings. The summed E-state index contributed by atoms with van der Waals surface area (Å²) in [6.45, 7) is 0. The number of hydrogen-bond acceptors (Lipinski definition) is 3. The van der Waals surface area contributed by atoms with Gasteiger partial charge in [-0.3, -0.25) is 4.72 Å². The number of halogens is 1. The van der Waals surface area contributed by atoms with Gasteiger partial charge in [0.25, 0.3) is 0 Å². The van der Waals surface area contributed by atoms with Crippen molar-refractivity contribution < 1.29 is 8.42 Å². The van der Waals surface area contributed by atoms with Crippen LogP contribution in [0.2, 0.25) is 0 Å². The molecule has 4 nitrogen and oxygen atoms in total. The molecule has 0 amide bonds. The summed E-state index contributed by atoms with van der Waals surface area (Å²) in [5.74, 6) is 0. The van der Waals surface area contributed by atoms with Crippen LogP contribution in [0.15, 0.2) is 22.7 Å². The van der Waals surface area contributed by atoms with Crippen molar-refractivity contribution in [1.82, 2.24) is 0 Å². The molecule has 82 valence electrons. The molecule has 0 bridgehead atoms. The first-order chi connectivity index (χ1) is 6.99. The summed E-state index contributed by atoms with van der Waals surface area (Å²) in [7, 11) is -3.18. The van der Waals surface area contributed by atoms with Gasteiger partial charge in [0.05, 0.1) is 5.25 Å². The Morgan fingerprint density at radius 3 is 2.60 bits per heavy atom. The molecule has 0 aliphatic heterocycles. The Morgan fingerprint density at radius 1 is 1.40 bits per heavy atom. The Labute approximate surface area is 97.0 Å². The Bertz CT molecular complexity index is 483. The molecule has 1 aliphatic carbocycles. The molecule has 0 unspecified atom stereocenters. The normalized spacial score (nSPS) is 16.3. The highest BCUT2D eigenvalue weighted by Gasteiger charge is 2.35. The van der Waals surface area contributed by atoms with Crippen molar-refractivity contribution in [3.63, 3.8) is 0 Å². The summed E-state index contributed by atoms with van der Waals surface area (Å²) >= 11 is 3.25. The van der Waals surface area contributed by atoms with Gasteiger partial charge in [-0.25, -0.2) is 8.42 Å². The average Bonchev–Trinajstić information content (AvgIpc) is 2.93. The van der Waals surface area contributed by atoms with Crippen molar-refractivity contribution in [1.29, 1.82) is 0 Å². The molecule has 0 heterocycles. The zero-order valence-electron chi connectivity index (χ0n) is 7.90. The van der Waals surface area contributed by atoms with Gasteiger partial charge in [0, 0.05) is 15.8 Å². The van der Waals surface area contributed by atoms with Gasteiger partial charge in [-0.05, 0) is 47.0 Å². The maximum absolute atomic E-state index is 11.6. The van der Waals surface area contributed by atoms with E-state index in [0.29, 0.717) is 15.8 Å². The standard InChI is InChI=1S/C9H11BrN2O2S/c10-8-5-6(1-4-9(8)11)12-15(13,14)7-2-3-7/h1,4-5,7,12H,2-3,11H2. The van der Waals surface area contributed by atoms with Crippen molar-refractivity contribution >= 4 is 37.3 Å². The second kappa shape index (κ2) is 3.68. The number of rotatable bonds is 3. The van der Waals surface area contributed by atoms with Crippen molar-refractivity contribution in [3.8, 4) is 0 Å². The number of hydrogen-bond donors (Lipinski definition) is 2. The molecular weight excluding hydrogens is 280 g/mol. The zero-order chi connectivity index (χ0) is 11.1. The first-order valence-electron chi connectivity index (χ1n) is 4.56. The largest absolute Gasteiger partial charge is 0.398 e. The SMILES string of the molecule is Nc1ccc(NS(=O)(=O)C2CC2)cc1Br. The van der Waals surface area contributed by atoms with Crippen LogP contribution in [0, 0.1) is 0 Å². The van der Waals surface area contributed by atoms with Crippen molar-refractivity contribution in [2.75, 3.05) is 10.5 Å². The molecule has 0 aromatic heterocycles. The lowest BCUT2D eigenvalue weighted by Crippen LogP contribution is -2.17. The lowest BCUT2D eigenvalue weighted by molar-refractivity contribution is 0.600. The maximum Gasteiger partial charge on any atom is 0.235 e. The van der Waals surface area contributed by atoms with Crippen LogP contribution in [-0.2, 0) is 10.0 Å². The lowest BCUT2D eigenvalue weighted by atomic mass is 10.3. The second-order valence-corrected chi connectivity index (χ2v) is 6.40. The van der Waals surface area contributed by atoms with Crippen LogP contribution < -0.4 is 10.5 Å². The van der Waals surface area contributed by atoms with Crippen LogP contribution in [0.25, 0.3) is 0 Å². The predicted molar refractivity (Wildman–Crippen MR) is 64.1 cm³/mol. The van der Waals surface area contributed by atoms with Crippen LogP contribution in [-0.4, -0.2) is 13.7 Å². The summed E-state index contributed by atoms with van der Waals surface area (Å²) in [4.78, 5) is 0. The van der Waals surface area contributed by atoms with E-state index in [1.807, 2.05) is 0 Å². The molecular formula is C9H11BrN2O2S. The first kappa shape index (κ1) is 10.8. The maximum atomic E-state index is 11.6. The Balaban J connectivity index is 2.21. The van der Waals surface area contributed by atoms with Crippen LogP contribution in [0.5, 0.6) is 0 Å². The van der Waals surface area contributed by atoms with Gasteiger partial charge in [0.1, 0.15) is 0 Å². The number of anilines is 2. The third kappa shape index (κ3) is 2.43. The number of benzene rings is 1. The van der Waals surface area contributed by atoms with E-state index in [1.54, 1.807) is 18.2 Å². The molecule has 0 radical (unpaired) electrons. The highest BCUT2D eigenvalue weighted by molar-refractivity contribution is 9.10. The predicted octanol–water partition coefficient (Wildman–Crippen LogP) is 1.94. The third-order valence-corrected chi connectivity index (χ3v) is 4.78. The molecule has 1 saturated carbocycles. The smallest absolute Gasteiger partial charge is 0.235 e. The summed E-state index contributed by atoms with van der Waals surface area (Å²) in [6.07, 6.45) is 1.51. The lowest BCUT2D eigenvalue weighted by Gasteiger charge is -2.07. The molecule has 0 saturated heterocycles. The van der Waals surface area contributed by atoms with Crippen molar-refractivity contribution in [2.45, 2.75) is 18.1 Å². The minimum absolute atomic E-state index is 0.214. The van der Waals surface area contributed by atoms with Gasteiger partial charge in [-0.2, -0.15) is 0 Å². The molecule has 0 atom stereocenters. The van der Waals surface area contributed by atoms with Crippen LogP contribution in [0.3, 0.4) is 0 Å². The van der Waals surface area contributed by atoms with E-state index in [-0.39, 0.29) is 5.25 Å². The monoisotopic (exact) mass is 290 g/mol. The molecule has 1 aliphatic rings. The topological polar surface area (TPSA) is 72.2 Å². The number of sulfonamides is 1. The number of nitrogens with two attached hydrogens (primary N) is 1. The Hall–Kier alpha value is -0.750. The van der Waals surface area contributed by atoms with Crippen LogP contribution >= 0.6 is 15.9 Å². The Morgan fingerprint density at radius 2 is 2.07 bits per heavy atom. The van der Waals surface area contributed by atoms with E-state index < -0.39 is 10.0 Å². The van der Waals surface area contributed by atoms with Crippen molar-refractivity contribution in [3.05, 3.63) is 22.7 Å². The average molecular weight is 291 g/mol. The quantitative estimate of drug-likeness (QED) is 0.836. The van der Waals surface area contributed by atoms with Crippen LogP contribution in [0.1, 0.15) is 12.8 Å². The van der Waals surface area contributed by atoms with Gasteiger partial charge in [-0.1, -0.05) is 0 Å². The Kier molecular flexibility index (Phi) is 2.64. The number of nitrogen functional groups attached to an aromatic ring is 1. The van der Waals surface area contributed by atoms with E-state index >= 15 is 0 Å². The fraction of sp³-hybridized carbons (Fsp3) is 0.333. The molecule has 3 N–H and O–H groups in total. The van der Waals surface area contributed by atoms with E-state index in [9.17, 15) is 8.42 Å². The first-order valence-corrected chi connectivity index (χ1v) is 6.89. The highest BCUT2D eigenvalue weighted by atomic mass is 79.9. The molecule has 15 heavy (non-hydrogen) atoms. The van der Waals surface area contributed by atoms with Gasteiger partial charge in [0.15, 0.2) is 0 Å². The van der Waals surface area contributed by atoms with E-state index in [4.69, 9.17) is 5.73 Å². The third-order valence-electron chi connectivity index (χ3n) is 2.22. The molecule has 6 heteroatoms. The van der Waals surface area contributed by atoms with Gasteiger partial charge < -0.3 is 5.73 Å². The fourth-order valence-corrected chi connectivity index (χ4v) is 2.97. The molecule has 0 spiro atoms. The summed E-state index contributed by atoms with van der Waals surface area (Å²) in [5.41, 5.74) is 6.73. The fourth-order valence-electron chi connectivity index (χ4n) is 1.22. The summed E-state index contributed by atoms with van der Waals surface area (Å²) < 4.78 is 26.4. The van der Waals surface area contributed by atoms with E-state index in [0.717, 1.165) is 12.8 Å². The minimum Gasteiger partial charge on any atom is -0.398 e. The molecule has 1 fully saturated rings. The van der Waals surface area contributed by atoms with Crippen LogP contribution in [0.4, 0.5) is 11.4 Å².